The fourth-order valence-corrected chi connectivity index (χ4v) is 1.20. The van der Waals surface area contributed by atoms with E-state index in [1.165, 1.54) is 0 Å². The van der Waals surface area contributed by atoms with Crippen LogP contribution in [0, 0.1) is 0 Å². The lowest BCUT2D eigenvalue weighted by molar-refractivity contribution is -0.114. The largest absolute Gasteiger partial charge is 0.376 e. The molecule has 3 nitrogen and oxygen atoms in total. The van der Waals surface area contributed by atoms with E-state index in [9.17, 15) is 0 Å². The highest BCUT2D eigenvalue weighted by molar-refractivity contribution is 4.84. The van der Waals surface area contributed by atoms with E-state index < -0.39 is 0 Å². The smallest absolute Gasteiger partial charge is 0.0983 e. The first-order valence-electron chi connectivity index (χ1n) is 4.51. The van der Waals surface area contributed by atoms with Crippen LogP contribution in [0.2, 0.25) is 0 Å². The molecule has 74 valence electrons. The molecule has 0 aliphatic carbocycles. The van der Waals surface area contributed by atoms with Crippen LogP contribution < -0.4 is 5.73 Å². The predicted octanol–water partition coefficient (Wildman–Crippen LogP) is 1.17. The van der Waals surface area contributed by atoms with Gasteiger partial charge in [-0.2, -0.15) is 0 Å². The molecule has 0 aromatic heterocycles. The molecule has 0 heterocycles. The maximum atomic E-state index is 5.59. The van der Waals surface area contributed by atoms with Gasteiger partial charge in [-0.05, 0) is 20.3 Å². The highest BCUT2D eigenvalue weighted by atomic mass is 16.5. The minimum absolute atomic E-state index is 0.00231. The second-order valence-electron chi connectivity index (χ2n) is 3.05. The summed E-state index contributed by atoms with van der Waals surface area (Å²) in [5.74, 6) is 0. The van der Waals surface area contributed by atoms with E-state index in [0.29, 0.717) is 13.2 Å². The average molecular weight is 175 g/mol. The van der Waals surface area contributed by atoms with Gasteiger partial charge in [0.05, 0.1) is 11.7 Å². The maximum Gasteiger partial charge on any atom is 0.0983 e. The van der Waals surface area contributed by atoms with Crippen LogP contribution in [0.4, 0.5) is 0 Å². The molecule has 0 spiro atoms. The zero-order valence-electron chi connectivity index (χ0n) is 8.59. The summed E-state index contributed by atoms with van der Waals surface area (Å²) >= 11 is 0. The van der Waals surface area contributed by atoms with Crippen molar-refractivity contribution < 1.29 is 9.47 Å². The minimum atomic E-state index is -0.245. The second-order valence-corrected chi connectivity index (χ2v) is 3.05. The van der Waals surface area contributed by atoms with Crippen LogP contribution in [0.3, 0.4) is 0 Å². The molecular weight excluding hydrogens is 154 g/mol. The highest BCUT2D eigenvalue weighted by Crippen LogP contribution is 2.20. The molecule has 0 amide bonds. The molecule has 2 unspecified atom stereocenters. The zero-order valence-corrected chi connectivity index (χ0v) is 8.59. The Morgan fingerprint density at radius 1 is 1.42 bits per heavy atom. The number of ether oxygens (including phenoxy) is 2. The quantitative estimate of drug-likeness (QED) is 0.659. The Morgan fingerprint density at radius 3 is 2.25 bits per heavy atom. The number of rotatable bonds is 6. The van der Waals surface area contributed by atoms with Gasteiger partial charge in [-0.1, -0.05) is 6.92 Å². The fraction of sp³-hybridized carbons (Fsp3) is 1.00. The topological polar surface area (TPSA) is 44.5 Å². The van der Waals surface area contributed by atoms with E-state index in [0.717, 1.165) is 6.42 Å². The summed E-state index contributed by atoms with van der Waals surface area (Å²) in [5, 5.41) is 0. The zero-order chi connectivity index (χ0) is 9.61. The van der Waals surface area contributed by atoms with E-state index in [1.807, 2.05) is 13.8 Å². The molecule has 0 rings (SSSR count). The van der Waals surface area contributed by atoms with E-state index in [-0.39, 0.29) is 11.7 Å². The van der Waals surface area contributed by atoms with Crippen molar-refractivity contribution in [2.45, 2.75) is 38.9 Å². The van der Waals surface area contributed by atoms with Crippen LogP contribution in [-0.4, -0.2) is 32.0 Å². The van der Waals surface area contributed by atoms with Crippen molar-refractivity contribution in [3.63, 3.8) is 0 Å². The van der Waals surface area contributed by atoms with Gasteiger partial charge in [0.2, 0.25) is 0 Å². The highest BCUT2D eigenvalue weighted by Gasteiger charge is 2.31. The van der Waals surface area contributed by atoms with Gasteiger partial charge in [0.15, 0.2) is 0 Å². The molecule has 0 aromatic rings. The lowest BCUT2D eigenvalue weighted by Crippen LogP contribution is -2.47. The van der Waals surface area contributed by atoms with Crippen LogP contribution in [0.5, 0.6) is 0 Å². The van der Waals surface area contributed by atoms with Crippen molar-refractivity contribution in [1.82, 2.24) is 0 Å². The van der Waals surface area contributed by atoms with Gasteiger partial charge >= 0.3 is 0 Å². The lowest BCUT2D eigenvalue weighted by atomic mass is 9.95. The van der Waals surface area contributed by atoms with Crippen LogP contribution in [0.15, 0.2) is 0 Å². The van der Waals surface area contributed by atoms with Gasteiger partial charge in [-0.3, -0.25) is 0 Å². The summed E-state index contributed by atoms with van der Waals surface area (Å²) in [5.41, 5.74) is 5.35. The minimum Gasteiger partial charge on any atom is -0.376 e. The molecule has 0 aromatic carbocycles. The molecule has 2 N–H and O–H groups in total. The Bertz CT molecular complexity index is 113. The number of nitrogens with two attached hydrogens (primary N) is 1. The molecular formula is C9H21NO2. The summed E-state index contributed by atoms with van der Waals surface area (Å²) in [7, 11) is 1.70. The second kappa shape index (κ2) is 5.51. The molecule has 0 fully saturated rings. The predicted molar refractivity (Wildman–Crippen MR) is 50.2 cm³/mol. The van der Waals surface area contributed by atoms with Crippen LogP contribution in [-0.2, 0) is 9.47 Å². The summed E-state index contributed by atoms with van der Waals surface area (Å²) in [6, 6.07) is 0. The third-order valence-electron chi connectivity index (χ3n) is 2.43. The van der Waals surface area contributed by atoms with Crippen molar-refractivity contribution in [2.75, 3.05) is 20.3 Å². The standard InChI is InChI=1S/C9H21NO2/c1-5-9(3,11-4)8(7-10)12-6-2/h8H,5-7,10H2,1-4H3. The molecule has 0 saturated carbocycles. The van der Waals surface area contributed by atoms with Crippen molar-refractivity contribution in [3.05, 3.63) is 0 Å². The Hall–Kier alpha value is -0.120. The van der Waals surface area contributed by atoms with E-state index in [1.54, 1.807) is 7.11 Å². The van der Waals surface area contributed by atoms with Gasteiger partial charge in [0.25, 0.3) is 0 Å². The Balaban J connectivity index is 4.21. The Morgan fingerprint density at radius 2 is 2.00 bits per heavy atom. The maximum absolute atomic E-state index is 5.59. The van der Waals surface area contributed by atoms with Gasteiger partial charge in [-0.25, -0.2) is 0 Å². The summed E-state index contributed by atoms with van der Waals surface area (Å²) in [6.07, 6.45) is 0.906. The number of hydrogen-bond acceptors (Lipinski definition) is 3. The van der Waals surface area contributed by atoms with Crippen LogP contribution in [0.25, 0.3) is 0 Å². The molecule has 0 bridgehead atoms. The average Bonchev–Trinajstić information content (AvgIpc) is 2.13. The van der Waals surface area contributed by atoms with Gasteiger partial charge in [-0.15, -0.1) is 0 Å². The third-order valence-corrected chi connectivity index (χ3v) is 2.43. The van der Waals surface area contributed by atoms with E-state index >= 15 is 0 Å². The first-order chi connectivity index (χ1) is 5.64. The number of methoxy groups -OCH3 is 1. The van der Waals surface area contributed by atoms with Crippen LogP contribution >= 0.6 is 0 Å². The Labute approximate surface area is 75.2 Å². The first kappa shape index (κ1) is 11.9. The molecule has 0 aliphatic heterocycles. The Kier molecular flexibility index (Phi) is 5.46. The van der Waals surface area contributed by atoms with Crippen molar-refractivity contribution in [1.29, 1.82) is 0 Å². The first-order valence-corrected chi connectivity index (χ1v) is 4.51. The molecule has 0 aliphatic rings. The molecule has 0 radical (unpaired) electrons. The molecule has 12 heavy (non-hydrogen) atoms. The molecule has 3 heteroatoms. The lowest BCUT2D eigenvalue weighted by Gasteiger charge is -2.34. The van der Waals surface area contributed by atoms with E-state index in [2.05, 4.69) is 6.92 Å². The third kappa shape index (κ3) is 2.73. The normalized spacial score (nSPS) is 18.8. The SMILES string of the molecule is CCOC(CN)C(C)(CC)OC. The van der Waals surface area contributed by atoms with Gasteiger partial charge in [0, 0.05) is 20.3 Å². The monoisotopic (exact) mass is 175 g/mol. The van der Waals surface area contributed by atoms with Gasteiger partial charge < -0.3 is 15.2 Å². The summed E-state index contributed by atoms with van der Waals surface area (Å²) in [4.78, 5) is 0. The molecule has 2 atom stereocenters. The van der Waals surface area contributed by atoms with Crippen molar-refractivity contribution in [3.8, 4) is 0 Å². The van der Waals surface area contributed by atoms with Crippen molar-refractivity contribution in [2.24, 2.45) is 5.73 Å². The van der Waals surface area contributed by atoms with Gasteiger partial charge in [0.1, 0.15) is 0 Å². The van der Waals surface area contributed by atoms with E-state index in [4.69, 9.17) is 15.2 Å². The van der Waals surface area contributed by atoms with Crippen molar-refractivity contribution >= 4 is 0 Å². The van der Waals surface area contributed by atoms with Crippen LogP contribution in [0.1, 0.15) is 27.2 Å². The number of hydrogen-bond donors (Lipinski definition) is 1. The molecule has 0 saturated heterocycles. The summed E-state index contributed by atoms with van der Waals surface area (Å²) < 4.78 is 10.9. The fourth-order valence-electron chi connectivity index (χ4n) is 1.20. The summed E-state index contributed by atoms with van der Waals surface area (Å²) in [6.45, 7) is 7.26.